The molecule has 1 atom stereocenters. The first-order chi connectivity index (χ1) is 8.20. The van der Waals surface area contributed by atoms with Crippen molar-refractivity contribution < 1.29 is 4.39 Å². The summed E-state index contributed by atoms with van der Waals surface area (Å²) in [7, 11) is 0. The molecule has 2 rings (SSSR count). The van der Waals surface area contributed by atoms with Crippen LogP contribution in [0.3, 0.4) is 0 Å². The van der Waals surface area contributed by atoms with E-state index in [1.54, 1.807) is 0 Å². The van der Waals surface area contributed by atoms with Gasteiger partial charge in [-0.15, -0.1) is 0 Å². The van der Waals surface area contributed by atoms with E-state index in [0.29, 0.717) is 5.92 Å². The minimum absolute atomic E-state index is 0.166. The van der Waals surface area contributed by atoms with Gasteiger partial charge in [0.15, 0.2) is 0 Å². The van der Waals surface area contributed by atoms with E-state index in [9.17, 15) is 4.39 Å². The first kappa shape index (κ1) is 12.4. The van der Waals surface area contributed by atoms with Crippen LogP contribution in [0.15, 0.2) is 24.3 Å². The van der Waals surface area contributed by atoms with E-state index in [4.69, 9.17) is 0 Å². The van der Waals surface area contributed by atoms with E-state index in [-0.39, 0.29) is 5.82 Å². The minimum Gasteiger partial charge on any atom is -0.372 e. The first-order valence-electron chi connectivity index (χ1n) is 6.42. The highest BCUT2D eigenvalue weighted by molar-refractivity contribution is 5.46. The average Bonchev–Trinajstić information content (AvgIpc) is 2.25. The number of halogens is 1. The smallest absolute Gasteiger partial charge is 0.123 e. The van der Waals surface area contributed by atoms with Gasteiger partial charge < -0.3 is 10.2 Å². The van der Waals surface area contributed by atoms with Gasteiger partial charge in [-0.1, -0.05) is 6.92 Å². The van der Waals surface area contributed by atoms with Crippen LogP contribution in [0, 0.1) is 17.7 Å². The molecule has 1 aliphatic rings. The molecule has 0 aromatic heterocycles. The molecule has 1 aromatic carbocycles. The van der Waals surface area contributed by atoms with Crippen molar-refractivity contribution in [2.45, 2.75) is 13.8 Å². The van der Waals surface area contributed by atoms with E-state index in [2.05, 4.69) is 24.1 Å². The van der Waals surface area contributed by atoms with Crippen LogP contribution in [0.1, 0.15) is 13.8 Å². The summed E-state index contributed by atoms with van der Waals surface area (Å²) in [4.78, 5) is 2.32. The van der Waals surface area contributed by atoms with Gasteiger partial charge in [-0.3, -0.25) is 0 Å². The molecule has 1 fully saturated rings. The monoisotopic (exact) mass is 236 g/mol. The Morgan fingerprint density at radius 3 is 2.47 bits per heavy atom. The fourth-order valence-electron chi connectivity index (χ4n) is 2.28. The van der Waals surface area contributed by atoms with Crippen LogP contribution in [0.5, 0.6) is 0 Å². The second kappa shape index (κ2) is 5.50. The van der Waals surface area contributed by atoms with Crippen LogP contribution in [0.2, 0.25) is 0 Å². The highest BCUT2D eigenvalue weighted by Gasteiger charge is 2.24. The number of hydrogen-bond acceptors (Lipinski definition) is 2. The molecule has 1 aliphatic heterocycles. The lowest BCUT2D eigenvalue weighted by Crippen LogP contribution is -2.48. The van der Waals surface area contributed by atoms with Crippen molar-refractivity contribution >= 4 is 5.69 Å². The Kier molecular flexibility index (Phi) is 4.00. The highest BCUT2D eigenvalue weighted by Crippen LogP contribution is 2.21. The van der Waals surface area contributed by atoms with Crippen LogP contribution >= 0.6 is 0 Å². The highest BCUT2D eigenvalue weighted by atomic mass is 19.1. The van der Waals surface area contributed by atoms with Crippen molar-refractivity contribution in [3.05, 3.63) is 30.1 Å². The molecule has 1 heterocycles. The molecule has 1 N–H and O–H groups in total. The van der Waals surface area contributed by atoms with Crippen LogP contribution in [-0.4, -0.2) is 26.2 Å². The zero-order chi connectivity index (χ0) is 12.3. The molecular formula is C14H21FN2. The summed E-state index contributed by atoms with van der Waals surface area (Å²) in [5.74, 6) is 1.31. The Morgan fingerprint density at radius 1 is 1.35 bits per heavy atom. The van der Waals surface area contributed by atoms with Gasteiger partial charge in [-0.25, -0.2) is 4.39 Å². The van der Waals surface area contributed by atoms with E-state index >= 15 is 0 Å². The van der Waals surface area contributed by atoms with Gasteiger partial charge >= 0.3 is 0 Å². The summed E-state index contributed by atoms with van der Waals surface area (Å²) < 4.78 is 12.9. The van der Waals surface area contributed by atoms with Crippen molar-refractivity contribution in [2.75, 3.05) is 31.1 Å². The Hall–Kier alpha value is -1.09. The number of rotatable bonds is 5. The Morgan fingerprint density at radius 2 is 2.00 bits per heavy atom. The summed E-state index contributed by atoms with van der Waals surface area (Å²) in [6.07, 6.45) is 0. The van der Waals surface area contributed by atoms with E-state index in [1.807, 2.05) is 12.1 Å². The number of nitrogens with one attached hydrogen (secondary N) is 1. The molecule has 17 heavy (non-hydrogen) atoms. The van der Waals surface area contributed by atoms with Gasteiger partial charge in [0.1, 0.15) is 5.82 Å². The molecule has 0 spiro atoms. The second-order valence-corrected chi connectivity index (χ2v) is 4.91. The Bertz CT molecular complexity index is 346. The van der Waals surface area contributed by atoms with Crippen molar-refractivity contribution in [2.24, 2.45) is 11.8 Å². The van der Waals surface area contributed by atoms with Crippen LogP contribution in [-0.2, 0) is 0 Å². The van der Waals surface area contributed by atoms with Gasteiger partial charge in [-0.2, -0.15) is 0 Å². The molecule has 0 saturated carbocycles. The van der Waals surface area contributed by atoms with E-state index < -0.39 is 0 Å². The summed E-state index contributed by atoms with van der Waals surface area (Å²) in [6, 6.07) is 6.80. The van der Waals surface area contributed by atoms with Crippen molar-refractivity contribution in [3.8, 4) is 0 Å². The van der Waals surface area contributed by atoms with Gasteiger partial charge in [0.05, 0.1) is 0 Å². The predicted molar refractivity (Wildman–Crippen MR) is 69.8 cm³/mol. The molecule has 0 aliphatic carbocycles. The van der Waals surface area contributed by atoms with Crippen LogP contribution in [0.25, 0.3) is 0 Å². The third kappa shape index (κ3) is 2.97. The number of nitrogens with zero attached hydrogens (tertiary/aromatic N) is 1. The molecule has 0 radical (unpaired) electrons. The number of benzene rings is 1. The zero-order valence-corrected chi connectivity index (χ0v) is 10.6. The molecule has 1 saturated heterocycles. The first-order valence-corrected chi connectivity index (χ1v) is 6.42. The lowest BCUT2D eigenvalue weighted by molar-refractivity contribution is 0.251. The fraction of sp³-hybridized carbons (Fsp3) is 0.571. The third-order valence-corrected chi connectivity index (χ3v) is 3.70. The fourth-order valence-corrected chi connectivity index (χ4v) is 2.28. The normalized spacial score (nSPS) is 17.6. The standard InChI is InChI=1S/C14H21FN2/c1-3-17(10-11(2)12-8-16-9-12)14-6-4-13(15)5-7-14/h4-7,11-12,16H,3,8-10H2,1-2H3. The maximum atomic E-state index is 12.9. The SMILES string of the molecule is CCN(CC(C)C1CNC1)c1ccc(F)cc1. The molecule has 2 nitrogen and oxygen atoms in total. The number of anilines is 1. The molecular weight excluding hydrogens is 215 g/mol. The maximum Gasteiger partial charge on any atom is 0.123 e. The minimum atomic E-state index is -0.166. The predicted octanol–water partition coefficient (Wildman–Crippen LogP) is 2.51. The number of hydrogen-bond donors (Lipinski definition) is 1. The third-order valence-electron chi connectivity index (χ3n) is 3.70. The largest absolute Gasteiger partial charge is 0.372 e. The zero-order valence-electron chi connectivity index (χ0n) is 10.6. The lowest BCUT2D eigenvalue weighted by Gasteiger charge is -2.36. The van der Waals surface area contributed by atoms with Gasteiger partial charge in [0.2, 0.25) is 0 Å². The molecule has 0 bridgehead atoms. The Labute approximate surface area is 103 Å². The van der Waals surface area contributed by atoms with E-state index in [1.165, 1.54) is 12.1 Å². The molecule has 94 valence electrons. The summed E-state index contributed by atoms with van der Waals surface area (Å²) in [5, 5.41) is 3.31. The topological polar surface area (TPSA) is 15.3 Å². The van der Waals surface area contributed by atoms with Gasteiger partial charge in [-0.05, 0) is 56.1 Å². The van der Waals surface area contributed by atoms with E-state index in [0.717, 1.165) is 37.8 Å². The van der Waals surface area contributed by atoms with Crippen LogP contribution in [0.4, 0.5) is 10.1 Å². The van der Waals surface area contributed by atoms with Gasteiger partial charge in [0.25, 0.3) is 0 Å². The van der Waals surface area contributed by atoms with Gasteiger partial charge in [0, 0.05) is 18.8 Å². The average molecular weight is 236 g/mol. The summed E-state index contributed by atoms with van der Waals surface area (Å²) in [5.41, 5.74) is 1.12. The van der Waals surface area contributed by atoms with Crippen molar-refractivity contribution in [1.29, 1.82) is 0 Å². The lowest BCUT2D eigenvalue weighted by atomic mass is 9.88. The quantitative estimate of drug-likeness (QED) is 0.845. The molecule has 1 aromatic rings. The van der Waals surface area contributed by atoms with Crippen LogP contribution < -0.4 is 10.2 Å². The summed E-state index contributed by atoms with van der Waals surface area (Å²) >= 11 is 0. The Balaban J connectivity index is 1.97. The van der Waals surface area contributed by atoms with Crippen molar-refractivity contribution in [1.82, 2.24) is 5.32 Å². The maximum absolute atomic E-state index is 12.9. The summed E-state index contributed by atoms with van der Waals surface area (Å²) in [6.45, 7) is 8.75. The molecule has 3 heteroatoms. The van der Waals surface area contributed by atoms with Crippen molar-refractivity contribution in [3.63, 3.8) is 0 Å². The second-order valence-electron chi connectivity index (χ2n) is 4.91. The molecule has 0 amide bonds. The molecule has 1 unspecified atom stereocenters.